The number of amides is 1. The smallest absolute Gasteiger partial charge is 0.356 e. The maximum atomic E-state index is 11.8. The zero-order valence-electron chi connectivity index (χ0n) is 10.9. The monoisotopic (exact) mass is 280 g/mol. The third kappa shape index (κ3) is 3.89. The first-order valence-electron chi connectivity index (χ1n) is 6.31. The third-order valence-corrected chi connectivity index (χ3v) is 2.88. The molecule has 8 heteroatoms. The summed E-state index contributed by atoms with van der Waals surface area (Å²) in [5, 5.41) is 11.6. The van der Waals surface area contributed by atoms with Gasteiger partial charge in [-0.25, -0.2) is 14.8 Å². The van der Waals surface area contributed by atoms with Crippen LogP contribution in [0.3, 0.4) is 0 Å². The quantitative estimate of drug-likeness (QED) is 0.771. The summed E-state index contributed by atoms with van der Waals surface area (Å²) in [5.41, 5.74) is -0.111. The SMILES string of the molecule is O=C(O)c1cnc(NCCC(=O)N2CCOCC2)cn1. The van der Waals surface area contributed by atoms with Crippen LogP contribution in [0.4, 0.5) is 5.82 Å². The molecular weight excluding hydrogens is 264 g/mol. The van der Waals surface area contributed by atoms with E-state index in [1.807, 2.05) is 0 Å². The average Bonchev–Trinajstić information content (AvgIpc) is 2.48. The van der Waals surface area contributed by atoms with Gasteiger partial charge in [0.25, 0.3) is 0 Å². The minimum Gasteiger partial charge on any atom is -0.476 e. The molecule has 1 aliphatic heterocycles. The molecule has 8 nitrogen and oxygen atoms in total. The molecule has 2 N–H and O–H groups in total. The molecule has 0 unspecified atom stereocenters. The Bertz CT molecular complexity index is 471. The molecule has 1 aromatic heterocycles. The first-order valence-corrected chi connectivity index (χ1v) is 6.31. The summed E-state index contributed by atoms with van der Waals surface area (Å²) in [6.07, 6.45) is 2.86. The van der Waals surface area contributed by atoms with E-state index in [1.54, 1.807) is 4.90 Å². The van der Waals surface area contributed by atoms with Gasteiger partial charge < -0.3 is 20.1 Å². The number of morpholine rings is 1. The molecule has 2 rings (SSSR count). The van der Waals surface area contributed by atoms with Gasteiger partial charge in [0.05, 0.1) is 25.6 Å². The molecule has 0 atom stereocenters. The molecule has 20 heavy (non-hydrogen) atoms. The summed E-state index contributed by atoms with van der Waals surface area (Å²) < 4.78 is 5.18. The first kappa shape index (κ1) is 14.2. The van der Waals surface area contributed by atoms with Crippen LogP contribution in [0.2, 0.25) is 0 Å². The number of carboxylic acid groups (broad SMARTS) is 1. The van der Waals surface area contributed by atoms with E-state index in [2.05, 4.69) is 15.3 Å². The van der Waals surface area contributed by atoms with E-state index < -0.39 is 5.97 Å². The number of nitrogens with one attached hydrogen (secondary N) is 1. The standard InChI is InChI=1S/C12H16N4O4/c17-11(16-3-5-20-6-4-16)1-2-13-10-8-14-9(7-15-10)12(18)19/h7-8H,1-6H2,(H,13,15)(H,18,19). The van der Waals surface area contributed by atoms with Gasteiger partial charge in [-0.15, -0.1) is 0 Å². The van der Waals surface area contributed by atoms with Gasteiger partial charge in [0.2, 0.25) is 5.91 Å². The number of aromatic nitrogens is 2. The fourth-order valence-corrected chi connectivity index (χ4v) is 1.80. The number of hydrogen-bond donors (Lipinski definition) is 2. The molecule has 1 aliphatic rings. The van der Waals surface area contributed by atoms with Gasteiger partial charge >= 0.3 is 5.97 Å². The van der Waals surface area contributed by atoms with Gasteiger partial charge in [-0.2, -0.15) is 0 Å². The highest BCUT2D eigenvalue weighted by Gasteiger charge is 2.16. The van der Waals surface area contributed by atoms with Crippen molar-refractivity contribution < 1.29 is 19.4 Å². The van der Waals surface area contributed by atoms with Gasteiger partial charge in [-0.1, -0.05) is 0 Å². The fourth-order valence-electron chi connectivity index (χ4n) is 1.80. The summed E-state index contributed by atoms with van der Waals surface area (Å²) >= 11 is 0. The lowest BCUT2D eigenvalue weighted by molar-refractivity contribution is -0.134. The molecular formula is C12H16N4O4. The number of hydrogen-bond acceptors (Lipinski definition) is 6. The van der Waals surface area contributed by atoms with Crippen molar-refractivity contribution in [3.8, 4) is 0 Å². The molecule has 0 aliphatic carbocycles. The van der Waals surface area contributed by atoms with E-state index in [0.29, 0.717) is 45.1 Å². The normalized spacial score (nSPS) is 14.9. The maximum Gasteiger partial charge on any atom is 0.356 e. The van der Waals surface area contributed by atoms with E-state index in [0.717, 1.165) is 0 Å². The topological polar surface area (TPSA) is 105 Å². The molecule has 1 fully saturated rings. The molecule has 108 valence electrons. The minimum atomic E-state index is -1.12. The van der Waals surface area contributed by atoms with Crippen LogP contribution in [0, 0.1) is 0 Å². The second kappa shape index (κ2) is 6.80. The van der Waals surface area contributed by atoms with Crippen molar-refractivity contribution in [1.29, 1.82) is 0 Å². The van der Waals surface area contributed by atoms with E-state index in [9.17, 15) is 9.59 Å². The van der Waals surface area contributed by atoms with Crippen LogP contribution >= 0.6 is 0 Å². The molecule has 0 bridgehead atoms. The Labute approximate surface area is 115 Å². The Morgan fingerprint density at radius 2 is 2.05 bits per heavy atom. The number of nitrogens with zero attached hydrogens (tertiary/aromatic N) is 3. The second-order valence-corrected chi connectivity index (χ2v) is 4.26. The predicted molar refractivity (Wildman–Crippen MR) is 69.5 cm³/mol. The van der Waals surface area contributed by atoms with Crippen molar-refractivity contribution in [3.63, 3.8) is 0 Å². The van der Waals surface area contributed by atoms with Crippen molar-refractivity contribution in [2.75, 3.05) is 38.2 Å². The van der Waals surface area contributed by atoms with Gasteiger partial charge in [0.1, 0.15) is 5.82 Å². The summed E-state index contributed by atoms with van der Waals surface area (Å²) in [5.74, 6) is -0.604. The van der Waals surface area contributed by atoms with Gasteiger partial charge in [0, 0.05) is 26.1 Å². The van der Waals surface area contributed by atoms with Crippen LogP contribution in [0.1, 0.15) is 16.9 Å². The van der Waals surface area contributed by atoms with E-state index in [4.69, 9.17) is 9.84 Å². The van der Waals surface area contributed by atoms with Gasteiger partial charge in [-0.05, 0) is 0 Å². The Morgan fingerprint density at radius 3 is 2.65 bits per heavy atom. The van der Waals surface area contributed by atoms with Crippen molar-refractivity contribution >= 4 is 17.7 Å². The lowest BCUT2D eigenvalue weighted by Crippen LogP contribution is -2.41. The molecule has 2 heterocycles. The van der Waals surface area contributed by atoms with Crippen LogP contribution in [0.25, 0.3) is 0 Å². The Kier molecular flexibility index (Phi) is 4.83. The number of rotatable bonds is 5. The van der Waals surface area contributed by atoms with Crippen molar-refractivity contribution in [2.45, 2.75) is 6.42 Å². The molecule has 1 aromatic rings. The van der Waals surface area contributed by atoms with Crippen LogP contribution in [-0.4, -0.2) is 64.7 Å². The fraction of sp³-hybridized carbons (Fsp3) is 0.500. The molecule has 0 aromatic carbocycles. The largest absolute Gasteiger partial charge is 0.476 e. The Balaban J connectivity index is 1.74. The number of ether oxygens (including phenoxy) is 1. The summed E-state index contributed by atoms with van der Waals surface area (Å²) in [4.78, 5) is 31.9. The van der Waals surface area contributed by atoms with Gasteiger partial charge in [0.15, 0.2) is 5.69 Å². The Morgan fingerprint density at radius 1 is 1.30 bits per heavy atom. The van der Waals surface area contributed by atoms with Crippen LogP contribution in [0.5, 0.6) is 0 Å². The summed E-state index contributed by atoms with van der Waals surface area (Å²) in [6, 6.07) is 0. The summed E-state index contributed by atoms with van der Waals surface area (Å²) in [7, 11) is 0. The van der Waals surface area contributed by atoms with Crippen LogP contribution in [-0.2, 0) is 9.53 Å². The maximum absolute atomic E-state index is 11.8. The van der Waals surface area contributed by atoms with E-state index >= 15 is 0 Å². The molecule has 0 radical (unpaired) electrons. The lowest BCUT2D eigenvalue weighted by atomic mass is 10.3. The minimum absolute atomic E-state index is 0.0657. The number of aromatic carboxylic acids is 1. The zero-order valence-corrected chi connectivity index (χ0v) is 10.9. The van der Waals surface area contributed by atoms with Crippen molar-refractivity contribution in [1.82, 2.24) is 14.9 Å². The highest BCUT2D eigenvalue weighted by molar-refractivity contribution is 5.84. The van der Waals surface area contributed by atoms with Crippen molar-refractivity contribution in [3.05, 3.63) is 18.1 Å². The third-order valence-electron chi connectivity index (χ3n) is 2.88. The summed E-state index contributed by atoms with van der Waals surface area (Å²) in [6.45, 7) is 2.86. The highest BCUT2D eigenvalue weighted by Crippen LogP contribution is 2.03. The van der Waals surface area contributed by atoms with Crippen LogP contribution in [0.15, 0.2) is 12.4 Å². The van der Waals surface area contributed by atoms with E-state index in [-0.39, 0.29) is 11.6 Å². The second-order valence-electron chi connectivity index (χ2n) is 4.26. The first-order chi connectivity index (χ1) is 9.66. The highest BCUT2D eigenvalue weighted by atomic mass is 16.5. The van der Waals surface area contributed by atoms with Crippen molar-refractivity contribution in [2.24, 2.45) is 0 Å². The molecule has 0 spiro atoms. The zero-order chi connectivity index (χ0) is 14.4. The number of carbonyl (C=O) groups excluding carboxylic acids is 1. The van der Waals surface area contributed by atoms with Gasteiger partial charge in [-0.3, -0.25) is 4.79 Å². The average molecular weight is 280 g/mol. The predicted octanol–water partition coefficient (Wildman–Crippen LogP) is -0.164. The number of carbonyl (C=O) groups is 2. The number of anilines is 1. The van der Waals surface area contributed by atoms with Crippen LogP contribution < -0.4 is 5.32 Å². The van der Waals surface area contributed by atoms with E-state index in [1.165, 1.54) is 12.4 Å². The lowest BCUT2D eigenvalue weighted by Gasteiger charge is -2.26. The Hall–Kier alpha value is -2.22. The number of carboxylic acids is 1. The molecule has 1 saturated heterocycles. The molecule has 0 saturated carbocycles. The molecule has 1 amide bonds.